The van der Waals surface area contributed by atoms with Crippen molar-refractivity contribution in [3.8, 4) is 0 Å². The van der Waals surface area contributed by atoms with Gasteiger partial charge in [-0.2, -0.15) is 0 Å². The Morgan fingerprint density at radius 2 is 1.83 bits per heavy atom. The first-order valence-electron chi connectivity index (χ1n) is 5.85. The standard InChI is InChI=1S/C15H15BrFN/c1-10-13(16)7-5-9-15(10)18-11(2)12-6-3-4-8-14(12)17/h3-9,11,18H,1-2H3. The fraction of sp³-hybridized carbons (Fsp3) is 0.200. The Morgan fingerprint density at radius 1 is 1.11 bits per heavy atom. The minimum Gasteiger partial charge on any atom is -0.378 e. The highest BCUT2D eigenvalue weighted by Gasteiger charge is 2.11. The van der Waals surface area contributed by atoms with E-state index in [2.05, 4.69) is 21.2 Å². The lowest BCUT2D eigenvalue weighted by molar-refractivity contribution is 0.600. The Kier molecular flexibility index (Phi) is 4.02. The average Bonchev–Trinajstić information content (AvgIpc) is 2.35. The van der Waals surface area contributed by atoms with Crippen LogP contribution in [0.1, 0.15) is 24.1 Å². The van der Waals surface area contributed by atoms with Gasteiger partial charge in [0.2, 0.25) is 0 Å². The molecule has 0 bridgehead atoms. The second kappa shape index (κ2) is 5.53. The largest absolute Gasteiger partial charge is 0.378 e. The van der Waals surface area contributed by atoms with Gasteiger partial charge in [0, 0.05) is 15.7 Å². The molecule has 2 rings (SSSR count). The first-order valence-corrected chi connectivity index (χ1v) is 6.65. The van der Waals surface area contributed by atoms with Crippen molar-refractivity contribution in [1.29, 1.82) is 0 Å². The van der Waals surface area contributed by atoms with Gasteiger partial charge in [-0.1, -0.05) is 40.2 Å². The van der Waals surface area contributed by atoms with Gasteiger partial charge in [-0.15, -0.1) is 0 Å². The molecule has 1 atom stereocenters. The molecule has 0 heterocycles. The minimum atomic E-state index is -0.176. The second-order valence-electron chi connectivity index (χ2n) is 4.30. The summed E-state index contributed by atoms with van der Waals surface area (Å²) in [6, 6.07) is 12.7. The zero-order valence-electron chi connectivity index (χ0n) is 10.4. The second-order valence-corrected chi connectivity index (χ2v) is 5.15. The monoisotopic (exact) mass is 307 g/mol. The highest BCUT2D eigenvalue weighted by atomic mass is 79.9. The molecule has 0 aromatic heterocycles. The van der Waals surface area contributed by atoms with Gasteiger partial charge in [0.25, 0.3) is 0 Å². The summed E-state index contributed by atoms with van der Waals surface area (Å²) in [6.07, 6.45) is 0. The van der Waals surface area contributed by atoms with Gasteiger partial charge in [0.1, 0.15) is 5.82 Å². The SMILES string of the molecule is Cc1c(Br)cccc1NC(C)c1ccccc1F. The number of hydrogen-bond donors (Lipinski definition) is 1. The molecule has 0 aliphatic rings. The van der Waals surface area contributed by atoms with E-state index in [-0.39, 0.29) is 11.9 Å². The lowest BCUT2D eigenvalue weighted by atomic mass is 10.1. The Bertz CT molecular complexity index is 554. The Balaban J connectivity index is 2.24. The van der Waals surface area contributed by atoms with Crippen LogP contribution in [0.4, 0.5) is 10.1 Å². The van der Waals surface area contributed by atoms with Crippen LogP contribution in [-0.2, 0) is 0 Å². The summed E-state index contributed by atoms with van der Waals surface area (Å²) in [5.41, 5.74) is 2.82. The van der Waals surface area contributed by atoms with Crippen molar-refractivity contribution in [1.82, 2.24) is 0 Å². The molecule has 1 nitrogen and oxygen atoms in total. The minimum absolute atomic E-state index is 0.0702. The number of halogens is 2. The fourth-order valence-corrected chi connectivity index (χ4v) is 2.27. The number of nitrogens with one attached hydrogen (secondary N) is 1. The van der Waals surface area contributed by atoms with Crippen LogP contribution in [0.15, 0.2) is 46.9 Å². The summed E-state index contributed by atoms with van der Waals surface area (Å²) in [5.74, 6) is -0.176. The molecule has 18 heavy (non-hydrogen) atoms. The zero-order valence-corrected chi connectivity index (χ0v) is 12.0. The van der Waals surface area contributed by atoms with Gasteiger partial charge >= 0.3 is 0 Å². The summed E-state index contributed by atoms with van der Waals surface area (Å²) in [7, 11) is 0. The maximum absolute atomic E-state index is 13.7. The first kappa shape index (κ1) is 13.1. The molecular weight excluding hydrogens is 293 g/mol. The summed E-state index contributed by atoms with van der Waals surface area (Å²) >= 11 is 3.49. The lowest BCUT2D eigenvalue weighted by Crippen LogP contribution is -2.09. The third-order valence-corrected chi connectivity index (χ3v) is 3.87. The van der Waals surface area contributed by atoms with Crippen LogP contribution in [-0.4, -0.2) is 0 Å². The molecule has 3 heteroatoms. The predicted octanol–water partition coefficient (Wildman–Crippen LogP) is 5.07. The predicted molar refractivity (Wildman–Crippen MR) is 77.3 cm³/mol. The molecule has 0 fully saturated rings. The number of anilines is 1. The Hall–Kier alpha value is -1.35. The van der Waals surface area contributed by atoms with Crippen molar-refractivity contribution in [3.05, 3.63) is 63.9 Å². The molecule has 2 aromatic carbocycles. The molecular formula is C15H15BrFN. The van der Waals surface area contributed by atoms with Crippen molar-refractivity contribution >= 4 is 21.6 Å². The smallest absolute Gasteiger partial charge is 0.128 e. The molecule has 1 N–H and O–H groups in total. The van der Waals surface area contributed by atoms with Crippen molar-refractivity contribution < 1.29 is 4.39 Å². The van der Waals surface area contributed by atoms with E-state index in [9.17, 15) is 4.39 Å². The summed E-state index contributed by atoms with van der Waals surface area (Å²) in [4.78, 5) is 0. The zero-order chi connectivity index (χ0) is 13.1. The van der Waals surface area contributed by atoms with E-state index in [1.807, 2.05) is 38.1 Å². The van der Waals surface area contributed by atoms with Crippen LogP contribution >= 0.6 is 15.9 Å². The van der Waals surface area contributed by atoms with Crippen LogP contribution in [0.5, 0.6) is 0 Å². The Labute approximate surface area is 115 Å². The normalized spacial score (nSPS) is 12.2. The maximum Gasteiger partial charge on any atom is 0.128 e. The van der Waals surface area contributed by atoms with Crippen molar-refractivity contribution in [3.63, 3.8) is 0 Å². The van der Waals surface area contributed by atoms with Gasteiger partial charge in [-0.25, -0.2) is 4.39 Å². The molecule has 0 aliphatic heterocycles. The highest BCUT2D eigenvalue weighted by Crippen LogP contribution is 2.27. The molecule has 0 radical (unpaired) electrons. The van der Waals surface area contributed by atoms with Crippen LogP contribution in [0, 0.1) is 12.7 Å². The van der Waals surface area contributed by atoms with E-state index in [1.165, 1.54) is 6.07 Å². The Morgan fingerprint density at radius 3 is 2.56 bits per heavy atom. The van der Waals surface area contributed by atoms with E-state index in [1.54, 1.807) is 12.1 Å². The molecule has 0 saturated heterocycles. The molecule has 0 spiro atoms. The van der Waals surface area contributed by atoms with Crippen LogP contribution in [0.25, 0.3) is 0 Å². The fourth-order valence-electron chi connectivity index (χ4n) is 1.90. The maximum atomic E-state index is 13.7. The van der Waals surface area contributed by atoms with Crippen LogP contribution < -0.4 is 5.32 Å². The van der Waals surface area contributed by atoms with E-state index in [4.69, 9.17) is 0 Å². The molecule has 2 aromatic rings. The van der Waals surface area contributed by atoms with Gasteiger partial charge in [-0.3, -0.25) is 0 Å². The van der Waals surface area contributed by atoms with Crippen LogP contribution in [0.2, 0.25) is 0 Å². The number of rotatable bonds is 3. The third-order valence-electron chi connectivity index (χ3n) is 3.01. The van der Waals surface area contributed by atoms with E-state index in [0.29, 0.717) is 5.56 Å². The molecule has 0 amide bonds. The summed E-state index contributed by atoms with van der Waals surface area (Å²) in [5, 5.41) is 3.34. The third kappa shape index (κ3) is 2.72. The van der Waals surface area contributed by atoms with E-state index >= 15 is 0 Å². The van der Waals surface area contributed by atoms with Crippen molar-refractivity contribution in [2.75, 3.05) is 5.32 Å². The number of hydrogen-bond acceptors (Lipinski definition) is 1. The lowest BCUT2D eigenvalue weighted by Gasteiger charge is -2.18. The average molecular weight is 308 g/mol. The van der Waals surface area contributed by atoms with Gasteiger partial charge in [0.05, 0.1) is 6.04 Å². The van der Waals surface area contributed by atoms with Crippen molar-refractivity contribution in [2.45, 2.75) is 19.9 Å². The topological polar surface area (TPSA) is 12.0 Å². The molecule has 0 aliphatic carbocycles. The summed E-state index contributed by atoms with van der Waals surface area (Å²) < 4.78 is 14.7. The van der Waals surface area contributed by atoms with Gasteiger partial charge in [-0.05, 0) is 37.6 Å². The molecule has 1 unspecified atom stereocenters. The van der Waals surface area contributed by atoms with Gasteiger partial charge in [0.15, 0.2) is 0 Å². The number of benzene rings is 2. The first-order chi connectivity index (χ1) is 8.59. The quantitative estimate of drug-likeness (QED) is 0.834. The van der Waals surface area contributed by atoms with E-state index < -0.39 is 0 Å². The molecule has 94 valence electrons. The summed E-state index contributed by atoms with van der Waals surface area (Å²) in [6.45, 7) is 3.99. The molecule has 0 saturated carbocycles. The van der Waals surface area contributed by atoms with Gasteiger partial charge < -0.3 is 5.32 Å². The van der Waals surface area contributed by atoms with E-state index in [0.717, 1.165) is 15.7 Å². The van der Waals surface area contributed by atoms with Crippen LogP contribution in [0.3, 0.4) is 0 Å². The van der Waals surface area contributed by atoms with Crippen molar-refractivity contribution in [2.24, 2.45) is 0 Å². The highest BCUT2D eigenvalue weighted by molar-refractivity contribution is 9.10.